The van der Waals surface area contributed by atoms with Crippen LogP contribution in [0.15, 0.2) is 48.5 Å². The first-order valence-corrected chi connectivity index (χ1v) is 6.58. The smallest absolute Gasteiger partial charge is 0.318 e. The number of nitrogens with one attached hydrogen (secondary N) is 1. The van der Waals surface area contributed by atoms with Crippen LogP contribution in [0, 0.1) is 5.82 Å². The third kappa shape index (κ3) is 4.63. The number of carbonyl (C=O) groups is 3. The van der Waals surface area contributed by atoms with Gasteiger partial charge in [0.05, 0.1) is 0 Å². The standard InChI is InChI=1S/C16H13FN2O4/c17-12-5-1-10(2-6-12)15(21)11-3-7-13(8-4-11)23-9-14(20)19-16(18)22/h1-8H,9H2,(H3,18,19,20,22). The highest BCUT2D eigenvalue weighted by atomic mass is 19.1. The Hall–Kier alpha value is -3.22. The molecule has 0 aromatic heterocycles. The molecule has 6 nitrogen and oxygen atoms in total. The SMILES string of the molecule is NC(=O)NC(=O)COc1ccc(C(=O)c2ccc(F)cc2)cc1. The van der Waals surface area contributed by atoms with Crippen LogP contribution < -0.4 is 15.8 Å². The fourth-order valence-corrected chi connectivity index (χ4v) is 1.79. The number of benzene rings is 2. The van der Waals surface area contributed by atoms with E-state index in [1.54, 1.807) is 0 Å². The van der Waals surface area contributed by atoms with Gasteiger partial charge in [0.25, 0.3) is 5.91 Å². The molecule has 0 bridgehead atoms. The summed E-state index contributed by atoms with van der Waals surface area (Å²) < 4.78 is 18.0. The molecule has 3 N–H and O–H groups in total. The quantitative estimate of drug-likeness (QED) is 0.819. The van der Waals surface area contributed by atoms with Crippen molar-refractivity contribution in [2.45, 2.75) is 0 Å². The fraction of sp³-hybridized carbons (Fsp3) is 0.0625. The molecule has 0 aliphatic heterocycles. The summed E-state index contributed by atoms with van der Waals surface area (Å²) in [4.78, 5) is 33.8. The molecule has 3 amide bonds. The van der Waals surface area contributed by atoms with Gasteiger partial charge in [-0.05, 0) is 48.5 Å². The number of hydrogen-bond donors (Lipinski definition) is 2. The van der Waals surface area contributed by atoms with Crippen molar-refractivity contribution in [3.8, 4) is 5.75 Å². The van der Waals surface area contributed by atoms with Crippen LogP contribution in [-0.4, -0.2) is 24.3 Å². The molecule has 0 aliphatic carbocycles. The van der Waals surface area contributed by atoms with E-state index in [9.17, 15) is 18.8 Å². The van der Waals surface area contributed by atoms with E-state index in [1.807, 2.05) is 5.32 Å². The number of rotatable bonds is 5. The van der Waals surface area contributed by atoms with Crippen LogP contribution in [0.25, 0.3) is 0 Å². The van der Waals surface area contributed by atoms with Crippen molar-refractivity contribution in [3.05, 3.63) is 65.5 Å². The molecule has 0 radical (unpaired) electrons. The van der Waals surface area contributed by atoms with Crippen molar-refractivity contribution >= 4 is 17.7 Å². The molecule has 7 heteroatoms. The van der Waals surface area contributed by atoms with Crippen LogP contribution in [-0.2, 0) is 4.79 Å². The largest absolute Gasteiger partial charge is 0.484 e. The minimum Gasteiger partial charge on any atom is -0.484 e. The summed E-state index contributed by atoms with van der Waals surface area (Å²) in [5, 5.41) is 1.86. The molecule has 0 fully saturated rings. The number of halogens is 1. The van der Waals surface area contributed by atoms with E-state index in [1.165, 1.54) is 48.5 Å². The Balaban J connectivity index is 1.99. The van der Waals surface area contributed by atoms with E-state index in [0.29, 0.717) is 16.9 Å². The van der Waals surface area contributed by atoms with Gasteiger partial charge in [0.1, 0.15) is 11.6 Å². The van der Waals surface area contributed by atoms with Crippen LogP contribution in [0.5, 0.6) is 5.75 Å². The number of ether oxygens (including phenoxy) is 1. The number of urea groups is 1. The first-order chi connectivity index (χ1) is 11.0. The van der Waals surface area contributed by atoms with E-state index >= 15 is 0 Å². The van der Waals surface area contributed by atoms with Crippen molar-refractivity contribution in [2.24, 2.45) is 5.73 Å². The summed E-state index contributed by atoms with van der Waals surface area (Å²) in [6.07, 6.45) is 0. The molecule has 2 aromatic rings. The molecule has 0 heterocycles. The normalized spacial score (nSPS) is 9.96. The predicted octanol–water partition coefficient (Wildman–Crippen LogP) is 1.63. The first kappa shape index (κ1) is 16.2. The van der Waals surface area contributed by atoms with Crippen molar-refractivity contribution in [2.75, 3.05) is 6.61 Å². The topological polar surface area (TPSA) is 98.5 Å². The molecule has 0 unspecified atom stereocenters. The first-order valence-electron chi connectivity index (χ1n) is 6.58. The average Bonchev–Trinajstić information content (AvgIpc) is 2.53. The maximum Gasteiger partial charge on any atom is 0.318 e. The second kappa shape index (κ2) is 7.17. The van der Waals surface area contributed by atoms with Gasteiger partial charge in [-0.1, -0.05) is 0 Å². The van der Waals surface area contributed by atoms with Gasteiger partial charge in [-0.2, -0.15) is 0 Å². The van der Waals surface area contributed by atoms with Gasteiger partial charge in [-0.25, -0.2) is 9.18 Å². The number of carbonyl (C=O) groups excluding carboxylic acids is 3. The van der Waals surface area contributed by atoms with E-state index in [2.05, 4.69) is 0 Å². The van der Waals surface area contributed by atoms with Crippen molar-refractivity contribution < 1.29 is 23.5 Å². The van der Waals surface area contributed by atoms with Crippen LogP contribution in [0.1, 0.15) is 15.9 Å². The van der Waals surface area contributed by atoms with Crippen molar-refractivity contribution in [1.82, 2.24) is 5.32 Å². The molecule has 2 rings (SSSR count). The third-order valence-electron chi connectivity index (χ3n) is 2.86. The molecule has 2 aromatic carbocycles. The Bertz CT molecular complexity index is 727. The molecule has 0 spiro atoms. The molecule has 0 atom stereocenters. The zero-order valence-corrected chi connectivity index (χ0v) is 11.9. The van der Waals surface area contributed by atoms with Crippen LogP contribution >= 0.6 is 0 Å². The maximum absolute atomic E-state index is 12.8. The lowest BCUT2D eigenvalue weighted by Crippen LogP contribution is -2.38. The summed E-state index contributed by atoms with van der Waals surface area (Å²) in [7, 11) is 0. The fourth-order valence-electron chi connectivity index (χ4n) is 1.79. The van der Waals surface area contributed by atoms with Gasteiger partial charge in [-0.3, -0.25) is 14.9 Å². The highest BCUT2D eigenvalue weighted by molar-refractivity contribution is 6.09. The summed E-state index contributed by atoms with van der Waals surface area (Å²) in [6.45, 7) is -0.381. The number of primary amides is 1. The van der Waals surface area contributed by atoms with Crippen molar-refractivity contribution in [1.29, 1.82) is 0 Å². The van der Waals surface area contributed by atoms with Gasteiger partial charge >= 0.3 is 6.03 Å². The second-order valence-electron chi connectivity index (χ2n) is 4.56. The average molecular weight is 316 g/mol. The number of imide groups is 1. The highest BCUT2D eigenvalue weighted by Crippen LogP contribution is 2.15. The Labute approximate surface area is 131 Å². The number of ketones is 1. The summed E-state index contributed by atoms with van der Waals surface area (Å²) in [5.41, 5.74) is 5.55. The monoisotopic (exact) mass is 316 g/mol. The zero-order chi connectivity index (χ0) is 16.8. The molecule has 23 heavy (non-hydrogen) atoms. The van der Waals surface area contributed by atoms with Gasteiger partial charge in [0, 0.05) is 11.1 Å². The lowest BCUT2D eigenvalue weighted by atomic mass is 10.0. The van der Waals surface area contributed by atoms with Gasteiger partial charge in [0.15, 0.2) is 12.4 Å². The van der Waals surface area contributed by atoms with E-state index in [-0.39, 0.29) is 12.4 Å². The molecule has 118 valence electrons. The maximum atomic E-state index is 12.8. The van der Waals surface area contributed by atoms with Crippen LogP contribution in [0.2, 0.25) is 0 Å². The summed E-state index contributed by atoms with van der Waals surface area (Å²) in [5.74, 6) is -1.01. The minimum atomic E-state index is -0.959. The van der Waals surface area contributed by atoms with Gasteiger partial charge in [0.2, 0.25) is 0 Å². The number of nitrogens with two attached hydrogens (primary N) is 1. The molecule has 0 saturated carbocycles. The summed E-state index contributed by atoms with van der Waals surface area (Å²) in [6, 6.07) is 10.3. The molecular weight excluding hydrogens is 303 g/mol. The molecular formula is C16H13FN2O4. The van der Waals surface area contributed by atoms with Crippen molar-refractivity contribution in [3.63, 3.8) is 0 Å². The van der Waals surface area contributed by atoms with Crippen LogP contribution in [0.4, 0.5) is 9.18 Å². The molecule has 0 aliphatic rings. The number of amides is 3. The third-order valence-corrected chi connectivity index (χ3v) is 2.86. The van der Waals surface area contributed by atoms with Gasteiger partial charge < -0.3 is 10.5 Å². The Morgan fingerprint density at radius 2 is 1.48 bits per heavy atom. The summed E-state index contributed by atoms with van der Waals surface area (Å²) >= 11 is 0. The minimum absolute atomic E-state index is 0.261. The lowest BCUT2D eigenvalue weighted by Gasteiger charge is -2.06. The number of hydrogen-bond acceptors (Lipinski definition) is 4. The van der Waals surface area contributed by atoms with Crippen LogP contribution in [0.3, 0.4) is 0 Å². The highest BCUT2D eigenvalue weighted by Gasteiger charge is 2.10. The zero-order valence-electron chi connectivity index (χ0n) is 11.9. The Morgan fingerprint density at radius 1 is 0.957 bits per heavy atom. The molecule has 0 saturated heterocycles. The Morgan fingerprint density at radius 3 is 2.00 bits per heavy atom. The lowest BCUT2D eigenvalue weighted by molar-refractivity contribution is -0.121. The second-order valence-corrected chi connectivity index (χ2v) is 4.56. The van der Waals surface area contributed by atoms with E-state index in [0.717, 1.165) is 0 Å². The van der Waals surface area contributed by atoms with E-state index in [4.69, 9.17) is 10.5 Å². The van der Waals surface area contributed by atoms with E-state index < -0.39 is 17.8 Å². The predicted molar refractivity (Wildman–Crippen MR) is 79.5 cm³/mol. The Kier molecular flexibility index (Phi) is 5.03. The van der Waals surface area contributed by atoms with Gasteiger partial charge in [-0.15, -0.1) is 0 Å².